The zero-order valence-corrected chi connectivity index (χ0v) is 29.2. The first-order valence-corrected chi connectivity index (χ1v) is 18.2. The Morgan fingerprint density at radius 3 is 2.32 bits per heavy atom. The maximum Gasteiger partial charge on any atom is 0.321 e. The number of aliphatic hydroxyl groups is 1. The van der Waals surface area contributed by atoms with Gasteiger partial charge in [-0.15, -0.1) is 11.3 Å². The molecule has 1 unspecified atom stereocenters. The predicted molar refractivity (Wildman–Crippen MR) is 181 cm³/mol. The van der Waals surface area contributed by atoms with Crippen molar-refractivity contribution in [3.05, 3.63) is 81.8 Å². The van der Waals surface area contributed by atoms with Gasteiger partial charge in [-0.1, -0.05) is 70.2 Å². The van der Waals surface area contributed by atoms with Crippen LogP contribution in [0, 0.1) is 18.8 Å². The number of aryl methyl sites for hydroxylation is 1. The number of carbonyl (C=O) groups is 3. The van der Waals surface area contributed by atoms with Crippen molar-refractivity contribution in [3.63, 3.8) is 0 Å². The summed E-state index contributed by atoms with van der Waals surface area (Å²) < 4.78 is 28.8. The minimum absolute atomic E-state index is 0.00405. The minimum Gasteiger partial charge on any atom is -0.390 e. The summed E-state index contributed by atoms with van der Waals surface area (Å²) in [6.07, 6.45) is -0.401. The number of benzene rings is 2. The van der Waals surface area contributed by atoms with Gasteiger partial charge < -0.3 is 20.2 Å². The van der Waals surface area contributed by atoms with Crippen molar-refractivity contribution in [1.82, 2.24) is 24.4 Å². The summed E-state index contributed by atoms with van der Waals surface area (Å²) in [6, 6.07) is 13.1. The summed E-state index contributed by atoms with van der Waals surface area (Å²) in [5.41, 5.74) is 2.00. The van der Waals surface area contributed by atoms with E-state index < -0.39 is 34.1 Å². The molecular formula is C34H45N5O6S2. The van der Waals surface area contributed by atoms with E-state index in [0.717, 1.165) is 16.3 Å². The Balaban J connectivity index is 1.57. The predicted octanol–water partition coefficient (Wildman–Crippen LogP) is 3.96. The molecule has 13 heteroatoms. The van der Waals surface area contributed by atoms with Crippen LogP contribution in [-0.2, 0) is 27.8 Å². The maximum atomic E-state index is 14.0. The quantitative estimate of drug-likeness (QED) is 0.218. The molecule has 254 valence electrons. The van der Waals surface area contributed by atoms with Crippen LogP contribution in [0.1, 0.15) is 54.3 Å². The molecule has 0 radical (unpaired) electrons. The van der Waals surface area contributed by atoms with Crippen LogP contribution >= 0.6 is 11.3 Å². The molecule has 1 aliphatic heterocycles. The maximum absolute atomic E-state index is 14.0. The molecule has 3 aromatic rings. The Morgan fingerprint density at radius 2 is 1.74 bits per heavy atom. The first kappa shape index (κ1) is 36.2. The molecule has 0 spiro atoms. The molecule has 3 amide bonds. The van der Waals surface area contributed by atoms with Crippen molar-refractivity contribution in [3.8, 4) is 0 Å². The molecule has 1 saturated heterocycles. The highest BCUT2D eigenvalue weighted by molar-refractivity contribution is 7.89. The van der Waals surface area contributed by atoms with E-state index in [2.05, 4.69) is 10.3 Å². The molecule has 0 bridgehead atoms. The number of nitrogens with zero attached hydrogens (tertiary/aromatic N) is 4. The lowest BCUT2D eigenvalue weighted by molar-refractivity contribution is -0.128. The van der Waals surface area contributed by atoms with E-state index in [1.54, 1.807) is 9.80 Å². The highest BCUT2D eigenvalue weighted by Crippen LogP contribution is 2.23. The summed E-state index contributed by atoms with van der Waals surface area (Å²) in [5, 5.41) is 17.5. The fourth-order valence-corrected chi connectivity index (χ4v) is 8.01. The Hall–Kier alpha value is -3.65. The SMILES string of the molecule is Cc1nc(CN2CCN(C(C(=O)N[C@@H](Cc3ccccc3)[C@H](O)CN(CC(C)C)S(=O)(=O)c3ccc(C=O)cc3)C(C)C)C2=O)cs1. The van der Waals surface area contributed by atoms with Gasteiger partial charge in [0.1, 0.15) is 12.3 Å². The van der Waals surface area contributed by atoms with Gasteiger partial charge in [0, 0.05) is 37.1 Å². The van der Waals surface area contributed by atoms with Crippen molar-refractivity contribution in [2.24, 2.45) is 11.8 Å². The summed E-state index contributed by atoms with van der Waals surface area (Å²) in [4.78, 5) is 46.4. The third-order valence-electron chi connectivity index (χ3n) is 8.09. The molecule has 2 aromatic carbocycles. The monoisotopic (exact) mass is 683 g/mol. The number of aliphatic hydroxyl groups excluding tert-OH is 1. The molecular weight excluding hydrogens is 639 g/mol. The Kier molecular flexibility index (Phi) is 12.3. The van der Waals surface area contributed by atoms with Gasteiger partial charge in [-0.25, -0.2) is 18.2 Å². The number of aromatic nitrogens is 1. The van der Waals surface area contributed by atoms with E-state index >= 15 is 0 Å². The van der Waals surface area contributed by atoms with Gasteiger partial charge in [0.2, 0.25) is 15.9 Å². The molecule has 1 fully saturated rings. The first-order chi connectivity index (χ1) is 22.3. The van der Waals surface area contributed by atoms with E-state index in [0.29, 0.717) is 31.5 Å². The van der Waals surface area contributed by atoms with Crippen molar-refractivity contribution < 1.29 is 27.9 Å². The van der Waals surface area contributed by atoms with E-state index in [9.17, 15) is 27.9 Å². The number of sulfonamides is 1. The third kappa shape index (κ3) is 9.25. The number of aldehydes is 1. The molecule has 11 nitrogen and oxygen atoms in total. The topological polar surface area (TPSA) is 140 Å². The lowest BCUT2D eigenvalue weighted by Crippen LogP contribution is -2.57. The smallest absolute Gasteiger partial charge is 0.321 e. The Bertz CT molecular complexity index is 1610. The highest BCUT2D eigenvalue weighted by atomic mass is 32.2. The molecule has 1 aromatic heterocycles. The second-order valence-electron chi connectivity index (χ2n) is 12.7. The summed E-state index contributed by atoms with van der Waals surface area (Å²) in [6.45, 7) is 10.5. The average molecular weight is 684 g/mol. The second kappa shape index (κ2) is 16.0. The molecule has 47 heavy (non-hydrogen) atoms. The zero-order valence-electron chi connectivity index (χ0n) is 27.6. The van der Waals surface area contributed by atoms with E-state index in [-0.39, 0.29) is 42.3 Å². The zero-order chi connectivity index (χ0) is 34.3. The molecule has 3 atom stereocenters. The van der Waals surface area contributed by atoms with Gasteiger partial charge in [-0.05, 0) is 42.9 Å². The lowest BCUT2D eigenvalue weighted by atomic mass is 9.97. The number of carbonyl (C=O) groups excluding carboxylic acids is 3. The largest absolute Gasteiger partial charge is 0.390 e. The van der Waals surface area contributed by atoms with Gasteiger partial charge in [-0.2, -0.15) is 4.31 Å². The van der Waals surface area contributed by atoms with Crippen LogP contribution < -0.4 is 5.32 Å². The van der Waals surface area contributed by atoms with Crippen molar-refractivity contribution in [1.29, 1.82) is 0 Å². The van der Waals surface area contributed by atoms with Crippen molar-refractivity contribution in [2.75, 3.05) is 26.2 Å². The van der Waals surface area contributed by atoms with Gasteiger partial charge in [0.15, 0.2) is 0 Å². The highest BCUT2D eigenvalue weighted by Gasteiger charge is 2.40. The van der Waals surface area contributed by atoms with E-state index in [4.69, 9.17) is 0 Å². The van der Waals surface area contributed by atoms with Crippen LogP contribution in [-0.4, -0.2) is 95.2 Å². The summed E-state index contributed by atoms with van der Waals surface area (Å²) in [5.74, 6) is -0.708. The molecule has 2 heterocycles. The normalized spacial score (nSPS) is 15.8. The van der Waals surface area contributed by atoms with Gasteiger partial charge in [0.05, 0.1) is 34.3 Å². The van der Waals surface area contributed by atoms with Crippen LogP contribution in [0.2, 0.25) is 0 Å². The molecule has 4 rings (SSSR count). The molecule has 2 N–H and O–H groups in total. The summed E-state index contributed by atoms with van der Waals surface area (Å²) in [7, 11) is -4.05. The van der Waals surface area contributed by atoms with E-state index in [1.165, 1.54) is 39.9 Å². The lowest BCUT2D eigenvalue weighted by Gasteiger charge is -2.34. The first-order valence-electron chi connectivity index (χ1n) is 15.8. The fourth-order valence-electron chi connectivity index (χ4n) is 5.79. The number of hydrogen-bond donors (Lipinski definition) is 2. The number of amides is 3. The summed E-state index contributed by atoms with van der Waals surface area (Å²) >= 11 is 1.52. The number of hydrogen-bond acceptors (Lipinski definition) is 8. The average Bonchev–Trinajstić information content (AvgIpc) is 3.61. The minimum atomic E-state index is -4.05. The number of rotatable bonds is 16. The van der Waals surface area contributed by atoms with Crippen LogP contribution in [0.4, 0.5) is 4.79 Å². The second-order valence-corrected chi connectivity index (χ2v) is 15.7. The van der Waals surface area contributed by atoms with Gasteiger partial charge >= 0.3 is 6.03 Å². The molecule has 1 aliphatic rings. The number of urea groups is 1. The van der Waals surface area contributed by atoms with Crippen LogP contribution in [0.15, 0.2) is 64.9 Å². The molecule has 0 saturated carbocycles. The van der Waals surface area contributed by atoms with Gasteiger partial charge in [0.25, 0.3) is 0 Å². The Labute approximate surface area is 281 Å². The van der Waals surface area contributed by atoms with Crippen molar-refractivity contribution >= 4 is 39.6 Å². The number of thiazole rings is 1. The van der Waals surface area contributed by atoms with E-state index in [1.807, 2.05) is 70.3 Å². The van der Waals surface area contributed by atoms with Gasteiger partial charge in [-0.3, -0.25) is 9.59 Å². The fraction of sp³-hybridized carbons (Fsp3) is 0.471. The third-order valence-corrected chi connectivity index (χ3v) is 10.8. The van der Waals surface area contributed by atoms with Crippen LogP contribution in [0.25, 0.3) is 0 Å². The van der Waals surface area contributed by atoms with Crippen LogP contribution in [0.3, 0.4) is 0 Å². The van der Waals surface area contributed by atoms with Crippen LogP contribution in [0.5, 0.6) is 0 Å². The van der Waals surface area contributed by atoms with Crippen molar-refractivity contribution in [2.45, 2.75) is 70.7 Å². The Morgan fingerprint density at radius 1 is 1.06 bits per heavy atom. The molecule has 0 aliphatic carbocycles. The number of nitrogens with one attached hydrogen (secondary N) is 1. The standard InChI is InChI=1S/C34H45N5O6S2/c1-23(2)18-38(47(44,45)29-13-11-27(21-40)12-14-29)20-31(41)30(17-26-9-7-6-8-10-26)36-33(42)32(24(3)4)39-16-15-37(34(39)43)19-28-22-46-25(5)35-28/h6-14,21-24,30-32,41H,15-20H2,1-5H3,(H,36,42)/t30-,31+,32?/m0/s1.